The van der Waals surface area contributed by atoms with Crippen molar-refractivity contribution in [2.24, 2.45) is 0 Å². The van der Waals surface area contributed by atoms with E-state index in [4.69, 9.17) is 11.5 Å². The summed E-state index contributed by atoms with van der Waals surface area (Å²) in [7, 11) is 0. The Morgan fingerprint density at radius 1 is 1.55 bits per heavy atom. The van der Waals surface area contributed by atoms with E-state index in [1.807, 2.05) is 0 Å². The Morgan fingerprint density at radius 3 is 2.73 bits per heavy atom. The van der Waals surface area contributed by atoms with Gasteiger partial charge in [-0.2, -0.15) is 0 Å². The van der Waals surface area contributed by atoms with Gasteiger partial charge in [-0.3, -0.25) is 4.79 Å². The van der Waals surface area contributed by atoms with Crippen molar-refractivity contribution in [3.63, 3.8) is 0 Å². The zero-order chi connectivity index (χ0) is 8.27. The summed E-state index contributed by atoms with van der Waals surface area (Å²) in [6.45, 7) is 0. The molecule has 0 aliphatic carbocycles. The van der Waals surface area contributed by atoms with Gasteiger partial charge in [0.25, 0.3) is 0 Å². The molecular formula is C9H6O2. The minimum atomic E-state index is -0.0305. The Morgan fingerprint density at radius 2 is 2.27 bits per heavy atom. The Hall–Kier alpha value is -1.75. The summed E-state index contributed by atoms with van der Waals surface area (Å²) in [5.74, 6) is 2.20. The van der Waals surface area contributed by atoms with Gasteiger partial charge in [-0.1, -0.05) is 18.1 Å². The lowest BCUT2D eigenvalue weighted by molar-refractivity contribution is 0.112. The van der Waals surface area contributed by atoms with Crippen LogP contribution in [0.5, 0.6) is 5.75 Å². The molecule has 0 unspecified atom stereocenters. The van der Waals surface area contributed by atoms with E-state index in [0.717, 1.165) is 0 Å². The van der Waals surface area contributed by atoms with Crippen LogP contribution in [0.2, 0.25) is 0 Å². The first-order valence-corrected chi connectivity index (χ1v) is 3.03. The minimum absolute atomic E-state index is 0.0305. The van der Waals surface area contributed by atoms with E-state index in [1.54, 1.807) is 12.1 Å². The summed E-state index contributed by atoms with van der Waals surface area (Å²) in [4.78, 5) is 10.3. The van der Waals surface area contributed by atoms with E-state index in [9.17, 15) is 4.79 Å². The number of hydrogen-bond acceptors (Lipinski definition) is 2. The van der Waals surface area contributed by atoms with Crippen molar-refractivity contribution in [1.29, 1.82) is 0 Å². The summed E-state index contributed by atoms with van der Waals surface area (Å²) >= 11 is 0. The maximum absolute atomic E-state index is 10.3. The topological polar surface area (TPSA) is 37.3 Å². The molecule has 2 heteroatoms. The van der Waals surface area contributed by atoms with Gasteiger partial charge < -0.3 is 5.11 Å². The fourth-order valence-corrected chi connectivity index (χ4v) is 0.813. The van der Waals surface area contributed by atoms with Gasteiger partial charge in [0.1, 0.15) is 5.75 Å². The van der Waals surface area contributed by atoms with E-state index < -0.39 is 0 Å². The van der Waals surface area contributed by atoms with Gasteiger partial charge in [0.2, 0.25) is 0 Å². The summed E-state index contributed by atoms with van der Waals surface area (Å²) in [6, 6.07) is 4.57. The van der Waals surface area contributed by atoms with E-state index in [0.29, 0.717) is 11.8 Å². The Labute approximate surface area is 64.5 Å². The second-order valence-electron chi connectivity index (χ2n) is 2.00. The number of carbonyl (C=O) groups is 1. The quantitative estimate of drug-likeness (QED) is 0.477. The number of carbonyl (C=O) groups excluding carboxylic acids is 1. The molecule has 0 saturated carbocycles. The highest BCUT2D eigenvalue weighted by molar-refractivity contribution is 5.80. The molecule has 0 fully saturated rings. The number of terminal acetylenes is 1. The van der Waals surface area contributed by atoms with Crippen molar-refractivity contribution in [2.45, 2.75) is 0 Å². The third-order valence-electron chi connectivity index (χ3n) is 1.35. The van der Waals surface area contributed by atoms with Crippen LogP contribution in [0.25, 0.3) is 0 Å². The molecule has 0 heterocycles. The first-order valence-electron chi connectivity index (χ1n) is 3.03. The maximum atomic E-state index is 10.3. The lowest BCUT2D eigenvalue weighted by atomic mass is 10.1. The number of benzene rings is 1. The third-order valence-corrected chi connectivity index (χ3v) is 1.35. The van der Waals surface area contributed by atoms with Gasteiger partial charge in [-0.25, -0.2) is 0 Å². The monoisotopic (exact) mass is 146 g/mol. The molecule has 0 radical (unpaired) electrons. The normalized spacial score (nSPS) is 8.64. The van der Waals surface area contributed by atoms with Crippen molar-refractivity contribution in [2.75, 3.05) is 0 Å². The first-order chi connectivity index (χ1) is 5.29. The predicted octanol–water partition coefficient (Wildman–Crippen LogP) is 1.19. The van der Waals surface area contributed by atoms with Gasteiger partial charge in [0, 0.05) is 5.56 Å². The Kier molecular flexibility index (Phi) is 1.93. The van der Waals surface area contributed by atoms with Crippen molar-refractivity contribution in [1.82, 2.24) is 0 Å². The molecule has 0 atom stereocenters. The number of phenolic OH excluding ortho intramolecular Hbond substituents is 1. The van der Waals surface area contributed by atoms with Crippen molar-refractivity contribution >= 4 is 6.29 Å². The summed E-state index contributed by atoms with van der Waals surface area (Å²) in [5.41, 5.74) is 0.593. The summed E-state index contributed by atoms with van der Waals surface area (Å²) in [5, 5.41) is 9.12. The van der Waals surface area contributed by atoms with Gasteiger partial charge >= 0.3 is 0 Å². The standard InChI is InChI=1S/C9H6O2/c1-2-8-7(6-10)4-3-5-9(8)11/h1,3-6,11H. The maximum Gasteiger partial charge on any atom is 0.151 e. The zero-order valence-corrected chi connectivity index (χ0v) is 5.74. The second-order valence-corrected chi connectivity index (χ2v) is 2.00. The van der Waals surface area contributed by atoms with Crippen LogP contribution in [0, 0.1) is 12.3 Å². The highest BCUT2D eigenvalue weighted by atomic mass is 16.3. The summed E-state index contributed by atoms with van der Waals surface area (Å²) in [6.07, 6.45) is 5.68. The van der Waals surface area contributed by atoms with Crippen molar-refractivity contribution in [3.8, 4) is 18.1 Å². The zero-order valence-electron chi connectivity index (χ0n) is 5.74. The SMILES string of the molecule is C#Cc1c(O)cccc1C=O. The van der Waals surface area contributed by atoms with E-state index in [1.165, 1.54) is 6.07 Å². The van der Waals surface area contributed by atoms with E-state index in [2.05, 4.69) is 5.92 Å². The van der Waals surface area contributed by atoms with Gasteiger partial charge in [-0.05, 0) is 6.07 Å². The van der Waals surface area contributed by atoms with Crippen LogP contribution >= 0.6 is 0 Å². The van der Waals surface area contributed by atoms with Crippen LogP contribution in [0.1, 0.15) is 15.9 Å². The van der Waals surface area contributed by atoms with Gasteiger partial charge in [0.15, 0.2) is 6.29 Å². The largest absolute Gasteiger partial charge is 0.507 e. The molecule has 1 rings (SSSR count). The molecule has 0 amide bonds. The predicted molar refractivity (Wildman–Crippen MR) is 41.4 cm³/mol. The highest BCUT2D eigenvalue weighted by Gasteiger charge is 2.01. The molecular weight excluding hydrogens is 140 g/mol. The molecule has 1 aromatic rings. The molecule has 0 bridgehead atoms. The lowest BCUT2D eigenvalue weighted by Crippen LogP contribution is -1.86. The molecule has 54 valence electrons. The molecule has 0 saturated heterocycles. The van der Waals surface area contributed by atoms with Gasteiger partial charge in [-0.15, -0.1) is 6.42 Å². The Balaban J connectivity index is 3.38. The number of aromatic hydroxyl groups is 1. The fourth-order valence-electron chi connectivity index (χ4n) is 0.813. The molecule has 0 aliphatic heterocycles. The van der Waals surface area contributed by atoms with Crippen LogP contribution in [-0.4, -0.2) is 11.4 Å². The van der Waals surface area contributed by atoms with E-state index >= 15 is 0 Å². The van der Waals surface area contributed by atoms with Crippen LogP contribution in [0.4, 0.5) is 0 Å². The molecule has 1 N–H and O–H groups in total. The molecule has 0 spiro atoms. The van der Waals surface area contributed by atoms with Crippen molar-refractivity contribution in [3.05, 3.63) is 29.3 Å². The van der Waals surface area contributed by atoms with E-state index in [-0.39, 0.29) is 11.3 Å². The van der Waals surface area contributed by atoms with Crippen molar-refractivity contribution < 1.29 is 9.90 Å². The fraction of sp³-hybridized carbons (Fsp3) is 0. The number of rotatable bonds is 1. The number of phenols is 1. The average molecular weight is 146 g/mol. The molecule has 1 aromatic carbocycles. The molecule has 2 nitrogen and oxygen atoms in total. The van der Waals surface area contributed by atoms with Crippen LogP contribution < -0.4 is 0 Å². The van der Waals surface area contributed by atoms with Crippen LogP contribution in [0.3, 0.4) is 0 Å². The molecule has 11 heavy (non-hydrogen) atoms. The number of aldehydes is 1. The molecule has 0 aromatic heterocycles. The van der Waals surface area contributed by atoms with Crippen LogP contribution in [0.15, 0.2) is 18.2 Å². The van der Waals surface area contributed by atoms with Crippen LogP contribution in [-0.2, 0) is 0 Å². The smallest absolute Gasteiger partial charge is 0.151 e. The third kappa shape index (κ3) is 1.22. The second kappa shape index (κ2) is 2.89. The molecule has 0 aliphatic rings. The summed E-state index contributed by atoms with van der Waals surface area (Å²) < 4.78 is 0. The number of hydrogen-bond donors (Lipinski definition) is 1. The first kappa shape index (κ1) is 7.36. The average Bonchev–Trinajstić information content (AvgIpc) is 2.04. The lowest BCUT2D eigenvalue weighted by Gasteiger charge is -1.97. The Bertz CT molecular complexity index is 321. The minimum Gasteiger partial charge on any atom is -0.507 e. The highest BCUT2D eigenvalue weighted by Crippen LogP contribution is 2.17. The van der Waals surface area contributed by atoms with Gasteiger partial charge in [0.05, 0.1) is 5.56 Å².